The largest absolute Gasteiger partial charge is 0.459 e. The van der Waals surface area contributed by atoms with Crippen LogP contribution < -0.4 is 0 Å². The molecule has 0 radical (unpaired) electrons. The van der Waals surface area contributed by atoms with Crippen molar-refractivity contribution in [1.82, 2.24) is 0 Å². The molecule has 0 spiro atoms. The van der Waals surface area contributed by atoms with Gasteiger partial charge in [-0.2, -0.15) is 0 Å². The molecule has 0 aliphatic heterocycles. The lowest BCUT2D eigenvalue weighted by molar-refractivity contribution is -0.116. The van der Waals surface area contributed by atoms with E-state index in [1.807, 2.05) is 30.3 Å². The summed E-state index contributed by atoms with van der Waals surface area (Å²) >= 11 is 4.35. The van der Waals surface area contributed by atoms with E-state index in [0.29, 0.717) is 16.4 Å². The normalized spacial score (nSPS) is 42.0. The molecule has 0 heterocycles. The predicted molar refractivity (Wildman–Crippen MR) is 157 cm³/mol. The molecule has 0 bridgehead atoms. The topological polar surface area (TPSA) is 26.3 Å². The fourth-order valence-electron chi connectivity index (χ4n) is 10.1. The van der Waals surface area contributed by atoms with Crippen LogP contribution in [0.3, 0.4) is 0 Å². The van der Waals surface area contributed by atoms with Gasteiger partial charge in [0.2, 0.25) is 0 Å². The van der Waals surface area contributed by atoms with Crippen LogP contribution >= 0.6 is 15.9 Å². The van der Waals surface area contributed by atoms with E-state index in [1.165, 1.54) is 64.2 Å². The van der Waals surface area contributed by atoms with Gasteiger partial charge in [-0.05, 0) is 110 Å². The Morgan fingerprint density at radius 1 is 0.946 bits per heavy atom. The fraction of sp³-hybridized carbons (Fsp3) is 0.794. The van der Waals surface area contributed by atoms with Gasteiger partial charge in [0.15, 0.2) is 0 Å². The third-order valence-electron chi connectivity index (χ3n) is 12.2. The van der Waals surface area contributed by atoms with Gasteiger partial charge < -0.3 is 4.74 Å². The van der Waals surface area contributed by atoms with Crippen LogP contribution in [-0.4, -0.2) is 16.4 Å². The third-order valence-corrected chi connectivity index (χ3v) is 13.8. The molecule has 0 saturated heterocycles. The summed E-state index contributed by atoms with van der Waals surface area (Å²) in [6.07, 6.45) is 15.7. The summed E-state index contributed by atoms with van der Waals surface area (Å²) in [5.74, 6) is 5.05. The fourth-order valence-corrected chi connectivity index (χ4v) is 11.2. The highest BCUT2D eigenvalue weighted by atomic mass is 79.9. The van der Waals surface area contributed by atoms with Crippen molar-refractivity contribution in [2.75, 3.05) is 0 Å². The monoisotopic (exact) mass is 570 g/mol. The first kappa shape index (κ1) is 27.7. The summed E-state index contributed by atoms with van der Waals surface area (Å²) in [5.41, 5.74) is 1.51. The van der Waals surface area contributed by atoms with Gasteiger partial charge in [-0.15, -0.1) is 0 Å². The molecular weight excluding hydrogens is 520 g/mol. The molecule has 0 amide bonds. The Labute approximate surface area is 235 Å². The quantitative estimate of drug-likeness (QED) is 0.241. The molecular formula is C34H51BrO2. The van der Waals surface area contributed by atoms with Crippen LogP contribution in [0.4, 0.5) is 0 Å². The molecule has 5 rings (SSSR count). The average Bonchev–Trinajstić information content (AvgIpc) is 3.22. The molecule has 4 aliphatic carbocycles. The van der Waals surface area contributed by atoms with E-state index in [9.17, 15) is 4.79 Å². The molecule has 4 saturated carbocycles. The number of hydrogen-bond acceptors (Lipinski definition) is 2. The van der Waals surface area contributed by atoms with Gasteiger partial charge in [0, 0.05) is 10.7 Å². The Hall–Kier alpha value is -0.830. The number of halogens is 1. The first-order chi connectivity index (χ1) is 17.6. The van der Waals surface area contributed by atoms with Crippen molar-refractivity contribution in [2.45, 2.75) is 122 Å². The lowest BCUT2D eigenvalue weighted by atomic mass is 9.44. The number of benzene rings is 1. The maximum atomic E-state index is 12.8. The zero-order chi connectivity index (χ0) is 26.4. The number of carbonyl (C=O) groups is 1. The summed E-state index contributed by atoms with van der Waals surface area (Å²) in [6, 6.07) is 9.51. The second kappa shape index (κ2) is 10.6. The van der Waals surface area contributed by atoms with Gasteiger partial charge in [-0.3, -0.25) is 0 Å². The van der Waals surface area contributed by atoms with E-state index < -0.39 is 0 Å². The molecule has 4 aliphatic rings. The molecule has 2 nitrogen and oxygen atoms in total. The van der Waals surface area contributed by atoms with E-state index in [4.69, 9.17) is 4.74 Å². The second-order valence-corrected chi connectivity index (χ2v) is 16.0. The summed E-state index contributed by atoms with van der Waals surface area (Å²) < 4.78 is 6.17. The van der Waals surface area contributed by atoms with Crippen molar-refractivity contribution in [2.24, 2.45) is 46.3 Å². The Morgan fingerprint density at radius 2 is 1.70 bits per heavy atom. The molecule has 37 heavy (non-hydrogen) atoms. The molecule has 3 heteroatoms. The Balaban J connectivity index is 1.26. The Morgan fingerprint density at radius 3 is 2.43 bits per heavy atom. The van der Waals surface area contributed by atoms with Crippen LogP contribution in [0.5, 0.6) is 0 Å². The number of fused-ring (bicyclic) bond motifs is 5. The van der Waals surface area contributed by atoms with Crippen molar-refractivity contribution in [1.29, 1.82) is 0 Å². The molecule has 9 atom stereocenters. The first-order valence-electron chi connectivity index (χ1n) is 15.5. The van der Waals surface area contributed by atoms with E-state index in [0.717, 1.165) is 48.3 Å². The lowest BCUT2D eigenvalue weighted by Gasteiger charge is -2.64. The van der Waals surface area contributed by atoms with E-state index in [-0.39, 0.29) is 16.4 Å². The van der Waals surface area contributed by atoms with Gasteiger partial charge in [0.05, 0.1) is 5.56 Å². The molecule has 206 valence electrons. The lowest BCUT2D eigenvalue weighted by Crippen LogP contribution is -2.60. The minimum Gasteiger partial charge on any atom is -0.459 e. The number of alkyl halides is 1. The van der Waals surface area contributed by atoms with Crippen LogP contribution in [0, 0.1) is 46.3 Å². The zero-order valence-corrected chi connectivity index (χ0v) is 25.7. The smallest absolute Gasteiger partial charge is 0.338 e. The maximum Gasteiger partial charge on any atom is 0.338 e. The van der Waals surface area contributed by atoms with E-state index >= 15 is 0 Å². The first-order valence-corrected chi connectivity index (χ1v) is 16.3. The van der Waals surface area contributed by atoms with Crippen molar-refractivity contribution in [3.05, 3.63) is 35.9 Å². The van der Waals surface area contributed by atoms with Crippen LogP contribution in [0.2, 0.25) is 0 Å². The summed E-state index contributed by atoms with van der Waals surface area (Å²) in [6.45, 7) is 12.6. The minimum atomic E-state index is -0.160. The SMILES string of the molecule is CC(C)CCC[C@H](C)[C@H]1CC[C@H]2[C@@H]3CC[C@]4(Br)C[C@@H](OC(=O)c5ccccc5)CC[C@]4(C)[C@H]3CC[C@]12C. The highest BCUT2D eigenvalue weighted by Gasteiger charge is 2.64. The van der Waals surface area contributed by atoms with Crippen molar-refractivity contribution in [3.8, 4) is 0 Å². The summed E-state index contributed by atoms with van der Waals surface area (Å²) in [5, 5.41) is 0. The second-order valence-electron chi connectivity index (χ2n) is 14.5. The predicted octanol–water partition coefficient (Wildman–Crippen LogP) is 9.85. The Kier molecular flexibility index (Phi) is 7.96. The molecule has 0 aromatic heterocycles. The van der Waals surface area contributed by atoms with Crippen molar-refractivity contribution in [3.63, 3.8) is 0 Å². The molecule has 4 fully saturated rings. The van der Waals surface area contributed by atoms with Gasteiger partial charge in [0.25, 0.3) is 0 Å². The van der Waals surface area contributed by atoms with Crippen molar-refractivity contribution >= 4 is 21.9 Å². The molecule has 0 N–H and O–H groups in total. The van der Waals surface area contributed by atoms with Gasteiger partial charge in [-0.25, -0.2) is 4.79 Å². The summed E-state index contributed by atoms with van der Waals surface area (Å²) in [7, 11) is 0. The molecule has 0 unspecified atom stereocenters. The van der Waals surface area contributed by atoms with E-state index in [1.54, 1.807) is 0 Å². The highest BCUT2D eigenvalue weighted by Crippen LogP contribution is 2.71. The molecule has 1 aromatic carbocycles. The standard InChI is InChI=1S/C34H51BrO2/c1-23(2)10-9-11-24(3)28-14-15-29-27-17-21-34(35)22-26(37-31(36)25-12-7-6-8-13-25)16-20-33(34,5)30(27)18-19-32(28,29)4/h6-8,12-13,23-24,26-30H,9-11,14-22H2,1-5H3/t24-,26-,27-,28+,29-,30-,32+,33+,34-/m0/s1. The van der Waals surface area contributed by atoms with Gasteiger partial charge >= 0.3 is 5.97 Å². The highest BCUT2D eigenvalue weighted by molar-refractivity contribution is 9.10. The van der Waals surface area contributed by atoms with Crippen LogP contribution in [0.15, 0.2) is 30.3 Å². The number of ether oxygens (including phenoxy) is 1. The third kappa shape index (κ3) is 4.98. The number of esters is 1. The van der Waals surface area contributed by atoms with Gasteiger partial charge in [-0.1, -0.05) is 88.0 Å². The van der Waals surface area contributed by atoms with Crippen molar-refractivity contribution < 1.29 is 9.53 Å². The maximum absolute atomic E-state index is 12.8. The number of hydrogen-bond donors (Lipinski definition) is 0. The van der Waals surface area contributed by atoms with Crippen LogP contribution in [0.1, 0.15) is 122 Å². The van der Waals surface area contributed by atoms with Gasteiger partial charge in [0.1, 0.15) is 6.10 Å². The Bertz CT molecular complexity index is 944. The average molecular weight is 572 g/mol. The minimum absolute atomic E-state index is 0.0214. The van der Waals surface area contributed by atoms with Crippen LogP contribution in [-0.2, 0) is 4.74 Å². The number of rotatable bonds is 7. The van der Waals surface area contributed by atoms with E-state index in [2.05, 4.69) is 50.5 Å². The zero-order valence-electron chi connectivity index (χ0n) is 24.1. The molecule has 1 aromatic rings. The number of carbonyl (C=O) groups excluding carboxylic acids is 1. The summed E-state index contributed by atoms with van der Waals surface area (Å²) in [4.78, 5) is 12.8. The van der Waals surface area contributed by atoms with Crippen LogP contribution in [0.25, 0.3) is 0 Å².